The summed E-state index contributed by atoms with van der Waals surface area (Å²) in [6.45, 7) is 9.88. The van der Waals surface area contributed by atoms with Crippen LogP contribution >= 0.6 is 0 Å². The summed E-state index contributed by atoms with van der Waals surface area (Å²) >= 11 is 0. The molecular weight excluding hydrogens is 1070 g/mol. The van der Waals surface area contributed by atoms with Crippen LogP contribution in [0.1, 0.15) is 85.3 Å². The monoisotopic (exact) mass is 1150 g/mol. The minimum Gasteiger partial charge on any atom is -0.466 e. The van der Waals surface area contributed by atoms with Crippen LogP contribution in [-0.2, 0) is 55.9 Å². The number of alkyl carbamates (subject to hydrolysis) is 3. The molecule has 1 saturated heterocycles. The molecule has 29 heteroatoms. The number of nitro benzene ring substituents is 2. The molecule has 2 saturated carbocycles. The van der Waals surface area contributed by atoms with Gasteiger partial charge < -0.3 is 89.8 Å². The van der Waals surface area contributed by atoms with Gasteiger partial charge in [-0.3, -0.25) is 25.0 Å². The molecule has 2 aromatic rings. The van der Waals surface area contributed by atoms with Crippen molar-refractivity contribution >= 4 is 41.7 Å². The molecule has 5 amide bonds. The summed E-state index contributed by atoms with van der Waals surface area (Å²) in [5.41, 5.74) is -3.50. The van der Waals surface area contributed by atoms with Crippen molar-refractivity contribution in [1.82, 2.24) is 31.5 Å². The molecule has 29 nitrogen and oxygen atoms in total. The van der Waals surface area contributed by atoms with Crippen LogP contribution < -0.4 is 26.6 Å². The quantitative estimate of drug-likeness (QED) is 0.0493. The predicted octanol–water partition coefficient (Wildman–Crippen LogP) is 2.63. The number of hydrogen-bond acceptors (Lipinski definition) is 22. The van der Waals surface area contributed by atoms with E-state index in [4.69, 9.17) is 37.9 Å². The zero-order valence-corrected chi connectivity index (χ0v) is 46.3. The number of rotatable bonds is 21. The van der Waals surface area contributed by atoms with Crippen LogP contribution in [0.2, 0.25) is 0 Å². The lowest BCUT2D eigenvalue weighted by molar-refractivity contribution is -0.385. The van der Waals surface area contributed by atoms with Gasteiger partial charge in [-0.15, -0.1) is 0 Å². The van der Waals surface area contributed by atoms with Gasteiger partial charge >= 0.3 is 24.4 Å². The van der Waals surface area contributed by atoms with Crippen molar-refractivity contribution in [2.24, 2.45) is 5.92 Å². The van der Waals surface area contributed by atoms with Crippen LogP contribution in [0.3, 0.4) is 0 Å². The standard InChI is InChI=1S/C52H74N8O21/c1-50(2,3)80-46(65)54-24-37(61)43(64)55-35-21-36(57-48(67)75-26-30-13-17-32(18-14-30)60(72)73)41(38(62)40(35)79-45-39(63)42(52(7,69)27-76-45)58(8)49(68)81-51(4,5)6)78-44-34(20-19-33(77-44)23-53-22-28-9-10-28)56-47(66)74-25-29-11-15-31(16-12-29)59(70)71/h11-19,28,34-42,44-45,53,61-63,69H,9-10,20-27H2,1-8H3,(H,54,65)(H,55,64)(H,56,66)(H,57,67)/t34-,35-,36+,37-,38-,39-,40+,41-,42-,44-,45-,52+/m1/s1. The summed E-state index contributed by atoms with van der Waals surface area (Å²) in [4.78, 5) is 89.4. The maximum atomic E-state index is 13.9. The zero-order chi connectivity index (χ0) is 59.6. The number of aliphatic hydroxyl groups excluding tert-OH is 3. The number of hydrogen-bond donors (Lipinski definition) is 9. The molecule has 2 aliphatic heterocycles. The topological polar surface area (TPSA) is 390 Å². The third kappa shape index (κ3) is 18.8. The second kappa shape index (κ2) is 27.2. The summed E-state index contributed by atoms with van der Waals surface area (Å²) in [5.74, 6) is -0.288. The Labute approximate surface area is 466 Å². The van der Waals surface area contributed by atoms with Gasteiger partial charge in [-0.05, 0) is 128 Å². The van der Waals surface area contributed by atoms with Gasteiger partial charge in [0, 0.05) is 31.3 Å². The Kier molecular flexibility index (Phi) is 21.2. The van der Waals surface area contributed by atoms with E-state index in [0.29, 0.717) is 29.3 Å². The number of carbonyl (C=O) groups is 5. The molecule has 0 unspecified atom stereocenters. The molecule has 0 radical (unpaired) electrons. The zero-order valence-electron chi connectivity index (χ0n) is 46.3. The molecular formula is C52H74N8O21. The molecule has 4 aliphatic rings. The third-order valence-electron chi connectivity index (χ3n) is 13.2. The summed E-state index contributed by atoms with van der Waals surface area (Å²) in [6.07, 6.45) is -13.3. The van der Waals surface area contributed by atoms with Gasteiger partial charge in [0.2, 0.25) is 6.29 Å². The second-order valence-corrected chi connectivity index (χ2v) is 22.5. The average molecular weight is 1150 g/mol. The lowest BCUT2D eigenvalue weighted by Crippen LogP contribution is -2.71. The van der Waals surface area contributed by atoms with Gasteiger partial charge in [0.25, 0.3) is 17.3 Å². The number of nitrogens with zero attached hydrogens (tertiary/aromatic N) is 3. The van der Waals surface area contributed by atoms with Crippen molar-refractivity contribution in [3.63, 3.8) is 0 Å². The minimum absolute atomic E-state index is 0.0539. The van der Waals surface area contributed by atoms with Gasteiger partial charge in [0.15, 0.2) is 6.29 Å². The van der Waals surface area contributed by atoms with Crippen LogP contribution in [0, 0.1) is 26.1 Å². The Morgan fingerprint density at radius 1 is 0.765 bits per heavy atom. The first-order chi connectivity index (χ1) is 38.0. The van der Waals surface area contributed by atoms with E-state index in [9.17, 15) is 64.6 Å². The lowest BCUT2D eigenvalue weighted by atomic mass is 9.82. The van der Waals surface area contributed by atoms with Crippen LogP contribution in [0.5, 0.6) is 0 Å². The van der Waals surface area contributed by atoms with E-state index in [1.54, 1.807) is 47.6 Å². The van der Waals surface area contributed by atoms with E-state index in [2.05, 4.69) is 26.6 Å². The SMILES string of the molecule is CN(C(=O)OC(C)(C)C)[C@@H]1[C@@H](O)[C@@H](O[C@@H]2[C@@H](O)[C@H](O[C@H]3OC(CNCC4CC4)=CC[C@H]3NC(=O)OCc3ccc([N+](=O)[O-])cc3)[C@@H](NC(=O)OCc3ccc([N+](=O)[O-])cc3)C[C@H]2NC(=O)[C@H](O)CNC(=O)OC(C)(C)C)OC[C@]1(C)O. The van der Waals surface area contributed by atoms with Gasteiger partial charge in [0.1, 0.15) is 66.3 Å². The fraction of sp³-hybridized carbons (Fsp3) is 0.635. The highest BCUT2D eigenvalue weighted by atomic mass is 16.7. The van der Waals surface area contributed by atoms with Crippen molar-refractivity contribution in [3.8, 4) is 0 Å². The van der Waals surface area contributed by atoms with Crippen LogP contribution in [0.15, 0.2) is 60.4 Å². The lowest BCUT2D eigenvalue weighted by Gasteiger charge is -2.50. The number of likely N-dealkylation sites (N-methyl/N-ethyl adjacent to an activating group) is 1. The maximum absolute atomic E-state index is 13.9. The van der Waals surface area contributed by atoms with E-state index in [0.717, 1.165) is 17.7 Å². The maximum Gasteiger partial charge on any atom is 0.410 e. The number of non-ortho nitro benzene ring substituents is 2. The van der Waals surface area contributed by atoms with Gasteiger partial charge in [-0.1, -0.05) is 0 Å². The second-order valence-electron chi connectivity index (χ2n) is 22.5. The first-order valence-electron chi connectivity index (χ1n) is 26.3. The number of ether oxygens (including phenoxy) is 8. The van der Waals surface area contributed by atoms with Crippen molar-refractivity contribution in [2.75, 3.05) is 33.3 Å². The summed E-state index contributed by atoms with van der Waals surface area (Å²) in [6, 6.07) is 4.97. The van der Waals surface area contributed by atoms with Crippen LogP contribution in [0.25, 0.3) is 0 Å². The normalized spacial score (nSPS) is 26.9. The smallest absolute Gasteiger partial charge is 0.410 e. The fourth-order valence-corrected chi connectivity index (χ4v) is 9.02. The number of aliphatic hydroxyl groups is 4. The van der Waals surface area contributed by atoms with Crippen molar-refractivity contribution in [3.05, 3.63) is 91.7 Å². The summed E-state index contributed by atoms with van der Waals surface area (Å²) in [7, 11) is 1.27. The highest BCUT2D eigenvalue weighted by Gasteiger charge is 2.55. The molecule has 9 N–H and O–H groups in total. The number of benzene rings is 2. The molecule has 2 aliphatic carbocycles. The van der Waals surface area contributed by atoms with Crippen molar-refractivity contribution in [1.29, 1.82) is 0 Å². The Balaban J connectivity index is 1.33. The summed E-state index contributed by atoms with van der Waals surface area (Å²) in [5, 5.41) is 83.4. The number of amides is 5. The molecule has 2 aromatic carbocycles. The Hall–Kier alpha value is -6.99. The van der Waals surface area contributed by atoms with E-state index < -0.39 is 150 Å². The Morgan fingerprint density at radius 3 is 1.80 bits per heavy atom. The number of nitrogens with one attached hydrogen (secondary N) is 5. The fourth-order valence-electron chi connectivity index (χ4n) is 9.02. The van der Waals surface area contributed by atoms with Crippen molar-refractivity contribution in [2.45, 2.75) is 171 Å². The predicted molar refractivity (Wildman–Crippen MR) is 280 cm³/mol. The molecule has 12 atom stereocenters. The molecule has 0 spiro atoms. The Morgan fingerprint density at radius 2 is 1.28 bits per heavy atom. The number of nitro groups is 2. The van der Waals surface area contributed by atoms with Gasteiger partial charge in [0.05, 0.1) is 53.7 Å². The largest absolute Gasteiger partial charge is 0.466 e. The van der Waals surface area contributed by atoms with E-state index in [1.165, 1.54) is 62.5 Å². The van der Waals surface area contributed by atoms with E-state index in [1.807, 2.05) is 0 Å². The molecule has 0 aromatic heterocycles. The van der Waals surface area contributed by atoms with E-state index in [-0.39, 0.29) is 30.9 Å². The first-order valence-corrected chi connectivity index (χ1v) is 26.3. The highest BCUT2D eigenvalue weighted by molar-refractivity contribution is 5.82. The van der Waals surface area contributed by atoms with Crippen molar-refractivity contribution < 1.29 is 92.1 Å². The van der Waals surface area contributed by atoms with Crippen LogP contribution in [0.4, 0.5) is 30.6 Å². The molecule has 6 rings (SSSR count). The molecule has 3 fully saturated rings. The Bertz CT molecular complexity index is 2550. The minimum atomic E-state index is -2.03. The van der Waals surface area contributed by atoms with Gasteiger partial charge in [-0.2, -0.15) is 0 Å². The summed E-state index contributed by atoms with van der Waals surface area (Å²) < 4.78 is 47.0. The molecule has 0 bridgehead atoms. The molecule has 81 heavy (non-hydrogen) atoms. The highest BCUT2D eigenvalue weighted by Crippen LogP contribution is 2.35. The van der Waals surface area contributed by atoms with Gasteiger partial charge in [-0.25, -0.2) is 19.2 Å². The third-order valence-corrected chi connectivity index (χ3v) is 13.2. The number of carbonyl (C=O) groups excluding carboxylic acids is 5. The first kappa shape index (κ1) is 63.2. The van der Waals surface area contributed by atoms with E-state index >= 15 is 0 Å². The van der Waals surface area contributed by atoms with Crippen LogP contribution in [-0.4, -0.2) is 183 Å². The molecule has 2 heterocycles. The average Bonchev–Trinajstić information content (AvgIpc) is 4.33. The molecule has 448 valence electrons.